The van der Waals surface area contributed by atoms with Gasteiger partial charge >= 0.3 is 17.9 Å². The number of aliphatic hydroxyl groups is 5. The minimum absolute atomic E-state index is 0.0333. The zero-order valence-corrected chi connectivity index (χ0v) is 69.4. The summed E-state index contributed by atoms with van der Waals surface area (Å²) in [5.41, 5.74) is -8.13. The Balaban J connectivity index is 0.679. The summed E-state index contributed by atoms with van der Waals surface area (Å²) in [5.74, 6) is -8.78. The van der Waals surface area contributed by atoms with Crippen molar-refractivity contribution >= 4 is 29.5 Å². The fraction of sp³-hybridized carbons (Fsp3) is 0.762. The quantitative estimate of drug-likeness (QED) is 0.0353. The van der Waals surface area contributed by atoms with E-state index in [4.69, 9.17) is 109 Å². The average molecular weight is 1690 g/mol. The molecule has 0 spiro atoms. The van der Waals surface area contributed by atoms with E-state index in [9.17, 15) is 60.5 Å². The summed E-state index contributed by atoms with van der Waals surface area (Å²) < 4.78 is 136. The monoisotopic (exact) mass is 1690 g/mol. The molecule has 8 fully saturated rings. The topological polar surface area (TPSA) is 500 Å². The van der Waals surface area contributed by atoms with Gasteiger partial charge in [0.25, 0.3) is 0 Å². The Morgan fingerprint density at radius 3 is 1.55 bits per heavy atom. The molecule has 0 radical (unpaired) electrons. The second-order valence-electron chi connectivity index (χ2n) is 33.6. The molecule has 0 aromatic heterocycles. The number of phenolic OH excluding ortho intramolecular Hbond substituents is 2. The molecule has 0 amide bonds. The van der Waals surface area contributed by atoms with Gasteiger partial charge in [-0.2, -0.15) is 0 Å². The molecule has 0 saturated carbocycles. The molecule has 9 N–H and O–H groups in total. The molecule has 11 aliphatic rings. The maximum absolute atomic E-state index is 15.7. The van der Waals surface area contributed by atoms with Gasteiger partial charge in [0.05, 0.1) is 120 Å². The van der Waals surface area contributed by atoms with Crippen LogP contribution >= 0.6 is 0 Å². The summed E-state index contributed by atoms with van der Waals surface area (Å²) >= 11 is 0. The molecule has 9 heterocycles. The molecule has 39 nitrogen and oxygen atoms in total. The van der Waals surface area contributed by atoms with Crippen LogP contribution in [0, 0.1) is 5.21 Å². The molecule has 13 rings (SSSR count). The summed E-state index contributed by atoms with van der Waals surface area (Å²) in [5, 5.41) is 117. The Labute approximate surface area is 686 Å². The lowest BCUT2D eigenvalue weighted by atomic mass is 9.68. The van der Waals surface area contributed by atoms with Crippen LogP contribution in [0.4, 0.5) is 0 Å². The number of hydroxylamine groups is 2. The van der Waals surface area contributed by atoms with Crippen molar-refractivity contribution in [2.75, 3.05) is 49.6 Å². The number of esters is 2. The molecular weight excluding hydrogens is 1580 g/mol. The van der Waals surface area contributed by atoms with Crippen molar-refractivity contribution in [3.63, 3.8) is 0 Å². The van der Waals surface area contributed by atoms with Gasteiger partial charge in [-0.3, -0.25) is 19.6 Å². The first kappa shape index (κ1) is 90.9. The lowest BCUT2D eigenvalue weighted by Crippen LogP contribution is -2.70. The van der Waals surface area contributed by atoms with Crippen molar-refractivity contribution in [2.45, 2.75) is 340 Å². The van der Waals surface area contributed by atoms with Crippen molar-refractivity contribution in [1.29, 1.82) is 0 Å². The number of carbonyl (C=O) groups is 5. The maximum atomic E-state index is 15.7. The number of aromatic hydroxyl groups is 2. The Morgan fingerprint density at radius 2 is 1.02 bits per heavy atom. The lowest BCUT2D eigenvalue weighted by molar-refractivity contribution is -0.367. The van der Waals surface area contributed by atoms with E-state index in [1.807, 2.05) is 0 Å². The predicted molar refractivity (Wildman–Crippen MR) is 398 cm³/mol. The highest BCUT2D eigenvalue weighted by Gasteiger charge is 2.63. The van der Waals surface area contributed by atoms with Gasteiger partial charge in [-0.15, -0.1) is 0 Å². The smallest absolute Gasteiger partial charge is 0.331 e. The molecule has 2 aromatic carbocycles. The summed E-state index contributed by atoms with van der Waals surface area (Å²) in [4.78, 5) is 70.2. The highest BCUT2D eigenvalue weighted by Crippen LogP contribution is 2.58. The highest BCUT2D eigenvalue weighted by atomic mass is 16.8. The standard InChI is InChI=1S/C80H113N2O37/c1-30-63(89)43(98-13)24-55(103-30)116-74-36(7)109-56(29-78(74,8)82(96)97)115-69-32(3)105-51(23-42(69)85)117-75-62(81(11)12)67(93)77-118-73-39(80(75,10)119-77)21-40(83)59-60(73)64(90)38-20-37-57(65(91)58(38)66(59)92)47(28-79(9,95)61(37)76(94)102-17)110-52-25-45(100-15)71(34(5)106-52)113-50-22-41(84)68(31(2)104-50)112-53-27-46(101-16)72(35(6)108-53)114-54-26-44(99-14)70(33(4)107-54)111-49(88)19-18-48(86)87/h18-21,30-36,41-47,50-56,61-63,67-72,74-75,77,83-85,89,91,93,95-96H,22-29H2,1-17H3,(H,86,87)/q-1/b19-18+/t30-,31+,32-,33+,34+,35+,36+,41+,42-,43-,44+,45-,46+,47+,50-,51-,52-,53-,54-,55+,56-,61-,62+,63+,67+,68-,69+,70-,71-,72-,74+,75-,77-,78+,79-,80-/m0/s1. The van der Waals surface area contributed by atoms with E-state index in [1.54, 1.807) is 74.4 Å². The Hall–Kier alpha value is -5.79. The third kappa shape index (κ3) is 17.6. The van der Waals surface area contributed by atoms with Gasteiger partial charge < -0.3 is 160 Å². The van der Waals surface area contributed by atoms with Crippen LogP contribution in [0.3, 0.4) is 0 Å². The van der Waals surface area contributed by atoms with Crippen LogP contribution in [-0.2, 0) is 119 Å². The molecule has 39 heteroatoms. The Morgan fingerprint density at radius 1 is 0.546 bits per heavy atom. The van der Waals surface area contributed by atoms with Crippen molar-refractivity contribution in [3.8, 4) is 17.2 Å². The number of carboxylic acids is 1. The van der Waals surface area contributed by atoms with E-state index in [0.29, 0.717) is 6.08 Å². The Kier molecular flexibility index (Phi) is 27.5. The largest absolute Gasteiger partial charge is 0.762 e. The van der Waals surface area contributed by atoms with Gasteiger partial charge in [-0.05, 0) is 101 Å². The van der Waals surface area contributed by atoms with E-state index in [2.05, 4.69) is 0 Å². The minimum Gasteiger partial charge on any atom is -0.762 e. The molecule has 2 bridgehead atoms. The van der Waals surface area contributed by atoms with Crippen LogP contribution in [0.1, 0.15) is 181 Å². The number of ketones is 2. The second-order valence-corrected chi connectivity index (χ2v) is 33.6. The molecule has 9 aliphatic heterocycles. The van der Waals surface area contributed by atoms with Crippen LogP contribution < -0.4 is 4.74 Å². The molecule has 2 aromatic rings. The van der Waals surface area contributed by atoms with E-state index in [1.165, 1.54) is 48.4 Å². The molecule has 8 saturated heterocycles. The number of likely N-dealkylation sites (N-methyl/N-ethyl adjacent to an activating group) is 1. The van der Waals surface area contributed by atoms with Crippen LogP contribution in [0.15, 0.2) is 24.3 Å². The first-order valence-corrected chi connectivity index (χ1v) is 40.2. The zero-order chi connectivity index (χ0) is 86.4. The van der Waals surface area contributed by atoms with Gasteiger partial charge in [0.15, 0.2) is 55.9 Å². The third-order valence-electron chi connectivity index (χ3n) is 25.2. The average Bonchev–Trinajstić information content (AvgIpc) is 0.690. The number of hydrogen-bond acceptors (Lipinski definition) is 38. The van der Waals surface area contributed by atoms with Crippen molar-refractivity contribution in [1.82, 2.24) is 10.1 Å². The van der Waals surface area contributed by atoms with E-state index < -0.39 is 289 Å². The van der Waals surface area contributed by atoms with Crippen LogP contribution in [-0.4, -0.2) is 337 Å². The number of nitrogens with zero attached hydrogens (tertiary/aromatic N) is 2. The predicted octanol–water partition coefficient (Wildman–Crippen LogP) is 2.50. The minimum atomic E-state index is -2.06. The number of ether oxygens (including phenoxy) is 22. The normalized spacial score (nSPS) is 43.6. The van der Waals surface area contributed by atoms with Crippen molar-refractivity contribution in [3.05, 3.63) is 68.4 Å². The summed E-state index contributed by atoms with van der Waals surface area (Å²) in [6.45, 7) is 16.1. The van der Waals surface area contributed by atoms with Gasteiger partial charge in [-0.25, -0.2) is 9.59 Å². The van der Waals surface area contributed by atoms with E-state index in [-0.39, 0.29) is 72.6 Å². The SMILES string of the molecule is COC(=O)[C@@H]1c2cc3c(c(O)c2[C@H](O[C@H]2C[C@H](OC)[C@@H](O[C@H]4C[C@@H](O)[C@@H](O[C@H]5C[C@@H](OC)[C@@H](O[C@H]6C[C@@H](OC)[C@@H](OC(=O)/C=C/C(=O)O)[C@@H](C)O6)[C@@H](C)O5)[C@@H](C)O4)[C@@H](C)O2)C[C@]1(C)O)C(=O)c1c(O)cc2c(c1C3=O)O[C@H]1O[C@]2(C)[C@@H](O[C@H]2C[C@H](O)[C@H](O[C@H]3C[C@@](C)(N([O-])O)[C@H](O[C@@H]4C[C@H](OC)[C@H](O)[C@H](C)O4)[C@@H](C)O3)[C@H](C)O2)[C@H](N(C)C)[C@H]1O. The maximum Gasteiger partial charge on any atom is 0.331 e. The van der Waals surface area contributed by atoms with Crippen molar-refractivity contribution in [2.24, 2.45) is 0 Å². The van der Waals surface area contributed by atoms with Gasteiger partial charge in [0.1, 0.15) is 83.7 Å². The molecule has 0 unspecified atom stereocenters. The van der Waals surface area contributed by atoms with E-state index in [0.717, 1.165) is 19.3 Å². The number of phenols is 2. The number of rotatable bonds is 24. The second kappa shape index (κ2) is 36.0. The number of methoxy groups -OCH3 is 5. The number of aliphatic carboxylic acids is 1. The fourth-order valence-corrected chi connectivity index (χ4v) is 19.2. The first-order valence-electron chi connectivity index (χ1n) is 40.2. The van der Waals surface area contributed by atoms with Gasteiger partial charge in [0, 0.05) is 109 Å². The number of benzene rings is 2. The number of hydrogen-bond donors (Lipinski definition) is 9. The number of fused-ring (bicyclic) bond motifs is 8. The summed E-state index contributed by atoms with van der Waals surface area (Å²) in [6, 6.07) is 1.32. The molecule has 2 aliphatic carbocycles. The van der Waals surface area contributed by atoms with Crippen molar-refractivity contribution < 1.29 is 174 Å². The van der Waals surface area contributed by atoms with Gasteiger partial charge in [-0.1, -0.05) is 0 Å². The first-order chi connectivity index (χ1) is 56.2. The zero-order valence-electron chi connectivity index (χ0n) is 69.4. The van der Waals surface area contributed by atoms with E-state index >= 15 is 9.59 Å². The summed E-state index contributed by atoms with van der Waals surface area (Å²) in [7, 11) is 10.2. The highest BCUT2D eigenvalue weighted by molar-refractivity contribution is 6.31. The molecular formula is C80H113N2O37-. The van der Waals surface area contributed by atoms with Gasteiger partial charge in [0.2, 0.25) is 12.1 Å². The van der Waals surface area contributed by atoms with Crippen LogP contribution in [0.2, 0.25) is 0 Å². The van der Waals surface area contributed by atoms with Crippen LogP contribution in [0.25, 0.3) is 0 Å². The molecule has 119 heavy (non-hydrogen) atoms. The lowest BCUT2D eigenvalue weighted by Gasteiger charge is -2.56. The number of carbonyl (C=O) groups excluding carboxylic acids is 4. The van der Waals surface area contributed by atoms with Crippen LogP contribution in [0.5, 0.6) is 17.2 Å². The third-order valence-corrected chi connectivity index (χ3v) is 25.2. The molecule has 666 valence electrons. The summed E-state index contributed by atoms with van der Waals surface area (Å²) in [6.07, 6.45) is -30.0. The number of carboxylic acid groups (broad SMARTS) is 1. The molecule has 36 atom stereocenters. The number of aliphatic hydroxyl groups excluding tert-OH is 4. The Bertz CT molecular complexity index is 3990. The fourth-order valence-electron chi connectivity index (χ4n) is 19.2.